The summed E-state index contributed by atoms with van der Waals surface area (Å²) in [4.78, 5) is 26.7. The Morgan fingerprint density at radius 3 is 2.67 bits per heavy atom. The molecule has 0 fully saturated rings. The largest absolute Gasteiger partial charge is 0.320 e. The van der Waals surface area contributed by atoms with Crippen molar-refractivity contribution in [1.29, 1.82) is 0 Å². The molecule has 0 saturated carbocycles. The van der Waals surface area contributed by atoms with Gasteiger partial charge in [-0.15, -0.1) is 0 Å². The summed E-state index contributed by atoms with van der Waals surface area (Å²) in [6.07, 6.45) is 1.40. The fourth-order valence-corrected chi connectivity index (χ4v) is 2.02. The molecule has 0 atom stereocenters. The van der Waals surface area contributed by atoms with Crippen molar-refractivity contribution in [2.24, 2.45) is 0 Å². The second-order valence-corrected chi connectivity index (χ2v) is 4.87. The van der Waals surface area contributed by atoms with E-state index >= 15 is 0 Å². The van der Waals surface area contributed by atoms with Crippen LogP contribution in [0.3, 0.4) is 0 Å². The van der Waals surface area contributed by atoms with Crippen LogP contribution in [0, 0.1) is 24.0 Å². The van der Waals surface area contributed by atoms with Crippen LogP contribution >= 0.6 is 11.6 Å². The van der Waals surface area contributed by atoms with Crippen molar-refractivity contribution in [3.05, 3.63) is 62.4 Å². The third-order valence-electron chi connectivity index (χ3n) is 2.95. The number of benzene rings is 1. The lowest BCUT2D eigenvalue weighted by atomic mass is 10.1. The topological polar surface area (TPSA) is 85.1 Å². The first-order chi connectivity index (χ1) is 9.90. The van der Waals surface area contributed by atoms with Gasteiger partial charge in [0, 0.05) is 6.07 Å². The Hall–Kier alpha value is -2.47. The third kappa shape index (κ3) is 3.17. The molecule has 0 aliphatic rings. The van der Waals surface area contributed by atoms with Crippen LogP contribution in [0.25, 0.3) is 0 Å². The van der Waals surface area contributed by atoms with E-state index < -0.39 is 10.8 Å². The average molecular weight is 306 g/mol. The third-order valence-corrected chi connectivity index (χ3v) is 3.34. The number of pyridine rings is 1. The fourth-order valence-electron chi connectivity index (χ4n) is 1.92. The van der Waals surface area contributed by atoms with Gasteiger partial charge >= 0.3 is 0 Å². The number of nitrogens with one attached hydrogen (secondary N) is 1. The summed E-state index contributed by atoms with van der Waals surface area (Å²) >= 11 is 5.81. The molecule has 2 rings (SSSR count). The highest BCUT2D eigenvalue weighted by molar-refractivity contribution is 6.30. The number of hydrogen-bond acceptors (Lipinski definition) is 4. The minimum atomic E-state index is -0.576. The number of carbonyl (C=O) groups is 1. The zero-order chi connectivity index (χ0) is 15.6. The van der Waals surface area contributed by atoms with Crippen LogP contribution in [0.15, 0.2) is 30.5 Å². The number of anilines is 1. The molecule has 0 bridgehead atoms. The maximum Gasteiger partial charge on any atom is 0.282 e. The van der Waals surface area contributed by atoms with Crippen LogP contribution < -0.4 is 5.32 Å². The molecule has 1 aromatic heterocycles. The van der Waals surface area contributed by atoms with Crippen molar-refractivity contribution in [2.45, 2.75) is 13.8 Å². The van der Waals surface area contributed by atoms with Gasteiger partial charge in [-0.1, -0.05) is 23.7 Å². The molecular formula is C14H12ClN3O3. The van der Waals surface area contributed by atoms with Crippen molar-refractivity contribution in [3.8, 4) is 0 Å². The molecule has 108 valence electrons. The Labute approximate surface area is 125 Å². The molecule has 0 aliphatic heterocycles. The maximum absolute atomic E-state index is 12.3. The van der Waals surface area contributed by atoms with Gasteiger partial charge in [-0.25, -0.2) is 4.98 Å². The second-order valence-electron chi connectivity index (χ2n) is 4.51. The summed E-state index contributed by atoms with van der Waals surface area (Å²) in [5.41, 5.74) is 1.47. The fraction of sp³-hybridized carbons (Fsp3) is 0.143. The monoisotopic (exact) mass is 305 g/mol. The molecule has 1 heterocycles. The first kappa shape index (κ1) is 14.9. The zero-order valence-corrected chi connectivity index (χ0v) is 12.1. The highest BCUT2D eigenvalue weighted by atomic mass is 35.5. The summed E-state index contributed by atoms with van der Waals surface area (Å²) in [5, 5.41) is 14.0. The van der Waals surface area contributed by atoms with Crippen LogP contribution in [0.5, 0.6) is 0 Å². The van der Waals surface area contributed by atoms with E-state index in [1.807, 2.05) is 0 Å². The molecule has 1 aromatic carbocycles. The van der Waals surface area contributed by atoms with Crippen LogP contribution in [0.2, 0.25) is 5.15 Å². The number of nitro benzene ring substituents is 1. The molecule has 21 heavy (non-hydrogen) atoms. The predicted molar refractivity (Wildman–Crippen MR) is 79.8 cm³/mol. The molecule has 0 radical (unpaired) electrons. The van der Waals surface area contributed by atoms with Crippen LogP contribution in [-0.2, 0) is 0 Å². The van der Waals surface area contributed by atoms with Crippen molar-refractivity contribution in [1.82, 2.24) is 4.98 Å². The van der Waals surface area contributed by atoms with E-state index in [1.54, 1.807) is 26.0 Å². The summed E-state index contributed by atoms with van der Waals surface area (Å²) < 4.78 is 0. The van der Waals surface area contributed by atoms with Gasteiger partial charge in [-0.3, -0.25) is 14.9 Å². The van der Waals surface area contributed by atoms with Gasteiger partial charge in [0.1, 0.15) is 10.7 Å². The van der Waals surface area contributed by atoms with Gasteiger partial charge in [0.15, 0.2) is 0 Å². The van der Waals surface area contributed by atoms with Gasteiger partial charge in [0.05, 0.1) is 16.8 Å². The lowest BCUT2D eigenvalue weighted by molar-refractivity contribution is -0.385. The molecule has 1 N–H and O–H groups in total. The van der Waals surface area contributed by atoms with Gasteiger partial charge < -0.3 is 5.32 Å². The summed E-state index contributed by atoms with van der Waals surface area (Å²) in [5.74, 6) is -0.552. The quantitative estimate of drug-likeness (QED) is 0.534. The SMILES string of the molecule is Cc1cc(NC(=O)c2c(C)cccc2[N+](=O)[O-])cnc1Cl. The van der Waals surface area contributed by atoms with E-state index in [0.29, 0.717) is 22.0 Å². The molecular weight excluding hydrogens is 294 g/mol. The summed E-state index contributed by atoms with van der Waals surface area (Å²) in [6, 6.07) is 6.14. The lowest BCUT2D eigenvalue weighted by Gasteiger charge is -2.09. The molecule has 0 spiro atoms. The Kier molecular flexibility index (Phi) is 4.18. The zero-order valence-electron chi connectivity index (χ0n) is 11.4. The van der Waals surface area contributed by atoms with Gasteiger partial charge in [-0.05, 0) is 31.0 Å². The van der Waals surface area contributed by atoms with Crippen LogP contribution in [0.1, 0.15) is 21.5 Å². The first-order valence-electron chi connectivity index (χ1n) is 6.07. The molecule has 0 aliphatic carbocycles. The highest BCUT2D eigenvalue weighted by Gasteiger charge is 2.22. The highest BCUT2D eigenvalue weighted by Crippen LogP contribution is 2.24. The number of halogens is 1. The van der Waals surface area contributed by atoms with E-state index in [4.69, 9.17) is 11.6 Å². The summed E-state index contributed by atoms with van der Waals surface area (Å²) in [6.45, 7) is 3.40. The van der Waals surface area contributed by atoms with Gasteiger partial charge in [0.25, 0.3) is 11.6 Å². The van der Waals surface area contributed by atoms with Crippen LogP contribution in [-0.4, -0.2) is 15.8 Å². The van der Waals surface area contributed by atoms with Crippen molar-refractivity contribution < 1.29 is 9.72 Å². The predicted octanol–water partition coefficient (Wildman–Crippen LogP) is 3.51. The lowest BCUT2D eigenvalue weighted by Crippen LogP contribution is -2.15. The number of hydrogen-bond donors (Lipinski definition) is 1. The number of aromatic nitrogens is 1. The normalized spacial score (nSPS) is 10.2. The summed E-state index contributed by atoms with van der Waals surface area (Å²) in [7, 11) is 0. The number of aryl methyl sites for hydroxylation is 2. The number of carbonyl (C=O) groups excluding carboxylic acids is 1. The van der Waals surface area contributed by atoms with E-state index in [9.17, 15) is 14.9 Å². The molecule has 0 saturated heterocycles. The molecule has 6 nitrogen and oxygen atoms in total. The number of rotatable bonds is 3. The van der Waals surface area contributed by atoms with E-state index in [0.717, 1.165) is 0 Å². The van der Waals surface area contributed by atoms with Gasteiger partial charge in [-0.2, -0.15) is 0 Å². The minimum Gasteiger partial charge on any atom is -0.320 e. The van der Waals surface area contributed by atoms with Crippen molar-refractivity contribution in [3.63, 3.8) is 0 Å². The van der Waals surface area contributed by atoms with Gasteiger partial charge in [0.2, 0.25) is 0 Å². The number of nitro groups is 1. The molecule has 1 amide bonds. The molecule has 2 aromatic rings. The Morgan fingerprint density at radius 1 is 1.33 bits per heavy atom. The van der Waals surface area contributed by atoms with E-state index in [-0.39, 0.29) is 11.3 Å². The number of nitrogens with zero attached hydrogens (tertiary/aromatic N) is 2. The van der Waals surface area contributed by atoms with E-state index in [2.05, 4.69) is 10.3 Å². The van der Waals surface area contributed by atoms with Crippen molar-refractivity contribution >= 4 is 28.9 Å². The first-order valence-corrected chi connectivity index (χ1v) is 6.45. The second kappa shape index (κ2) is 5.88. The Bertz CT molecular complexity index is 731. The van der Waals surface area contributed by atoms with E-state index in [1.165, 1.54) is 18.3 Å². The number of amides is 1. The minimum absolute atomic E-state index is 0.0371. The van der Waals surface area contributed by atoms with Crippen molar-refractivity contribution in [2.75, 3.05) is 5.32 Å². The Balaban J connectivity index is 2.36. The maximum atomic E-state index is 12.3. The Morgan fingerprint density at radius 2 is 2.05 bits per heavy atom. The molecule has 7 heteroatoms. The van der Waals surface area contributed by atoms with Crippen LogP contribution in [0.4, 0.5) is 11.4 Å². The molecule has 0 unspecified atom stereocenters. The standard InChI is InChI=1S/C14H12ClN3O3/c1-8-4-3-5-11(18(20)21)12(8)14(19)17-10-6-9(2)13(15)16-7-10/h3-7H,1-2H3,(H,17,19). The average Bonchev–Trinajstić information content (AvgIpc) is 2.42. The smallest absolute Gasteiger partial charge is 0.282 e.